The smallest absolute Gasteiger partial charge is 0.251 e. The molecule has 2 aromatic carbocycles. The highest BCUT2D eigenvalue weighted by Gasteiger charge is 2.22. The second-order valence-electron chi connectivity index (χ2n) is 7.40. The quantitative estimate of drug-likeness (QED) is 0.758. The molecule has 0 bridgehead atoms. The SMILES string of the molecule is Cc1cc(C)nc(N(C)c2ccc(C(=O)NC3Cc4ccccc4C3)cc2)n1. The Kier molecular flexibility index (Phi) is 4.82. The van der Waals surface area contributed by atoms with Crippen molar-refractivity contribution in [1.29, 1.82) is 0 Å². The number of benzene rings is 2. The fourth-order valence-electron chi connectivity index (χ4n) is 3.74. The molecule has 0 atom stereocenters. The Balaban J connectivity index is 1.43. The summed E-state index contributed by atoms with van der Waals surface area (Å²) in [5.74, 6) is 0.619. The largest absolute Gasteiger partial charge is 0.349 e. The minimum Gasteiger partial charge on any atom is -0.349 e. The molecule has 1 aliphatic carbocycles. The van der Waals surface area contributed by atoms with Gasteiger partial charge in [-0.1, -0.05) is 24.3 Å². The Bertz CT molecular complexity index is 968. The third-order valence-corrected chi connectivity index (χ3v) is 5.17. The number of nitrogens with one attached hydrogen (secondary N) is 1. The van der Waals surface area contributed by atoms with E-state index in [4.69, 9.17) is 0 Å². The van der Waals surface area contributed by atoms with E-state index in [1.165, 1.54) is 11.1 Å². The van der Waals surface area contributed by atoms with Crippen LogP contribution in [0.5, 0.6) is 0 Å². The molecule has 3 aromatic rings. The van der Waals surface area contributed by atoms with Crippen molar-refractivity contribution in [2.45, 2.75) is 32.7 Å². The molecule has 0 spiro atoms. The first-order valence-electron chi connectivity index (χ1n) is 9.53. The maximum Gasteiger partial charge on any atom is 0.251 e. The molecule has 1 N–H and O–H groups in total. The lowest BCUT2D eigenvalue weighted by molar-refractivity contribution is 0.0938. The van der Waals surface area contributed by atoms with Crippen molar-refractivity contribution in [3.8, 4) is 0 Å². The van der Waals surface area contributed by atoms with E-state index < -0.39 is 0 Å². The second-order valence-corrected chi connectivity index (χ2v) is 7.40. The first-order valence-corrected chi connectivity index (χ1v) is 9.53. The van der Waals surface area contributed by atoms with Crippen LogP contribution in [0.25, 0.3) is 0 Å². The van der Waals surface area contributed by atoms with Gasteiger partial charge in [0.1, 0.15) is 0 Å². The number of nitrogens with zero attached hydrogens (tertiary/aromatic N) is 3. The number of aryl methyl sites for hydroxylation is 2. The molecule has 28 heavy (non-hydrogen) atoms. The van der Waals surface area contributed by atoms with Gasteiger partial charge >= 0.3 is 0 Å². The van der Waals surface area contributed by atoms with Crippen molar-refractivity contribution in [3.05, 3.63) is 82.7 Å². The van der Waals surface area contributed by atoms with Crippen molar-refractivity contribution in [3.63, 3.8) is 0 Å². The summed E-state index contributed by atoms with van der Waals surface area (Å²) in [7, 11) is 1.93. The van der Waals surface area contributed by atoms with Gasteiger partial charge in [0.15, 0.2) is 0 Å². The zero-order valence-electron chi connectivity index (χ0n) is 16.4. The van der Waals surface area contributed by atoms with Crippen molar-refractivity contribution in [1.82, 2.24) is 15.3 Å². The van der Waals surface area contributed by atoms with Crippen LogP contribution in [0.15, 0.2) is 54.6 Å². The molecule has 1 aromatic heterocycles. The number of carbonyl (C=O) groups excluding carboxylic acids is 1. The molecule has 0 saturated carbocycles. The van der Waals surface area contributed by atoms with Crippen molar-refractivity contribution in [2.24, 2.45) is 0 Å². The van der Waals surface area contributed by atoms with E-state index in [2.05, 4.69) is 39.6 Å². The molecule has 0 aliphatic heterocycles. The lowest BCUT2D eigenvalue weighted by Crippen LogP contribution is -2.35. The molecule has 142 valence electrons. The summed E-state index contributed by atoms with van der Waals surface area (Å²) < 4.78 is 0. The van der Waals surface area contributed by atoms with Gasteiger partial charge in [0.25, 0.3) is 5.91 Å². The number of fused-ring (bicyclic) bond motifs is 1. The van der Waals surface area contributed by atoms with Crippen LogP contribution in [-0.2, 0) is 12.8 Å². The fraction of sp³-hybridized carbons (Fsp3) is 0.261. The van der Waals surface area contributed by atoms with Crippen LogP contribution in [0, 0.1) is 13.8 Å². The number of hydrogen-bond acceptors (Lipinski definition) is 4. The fourth-order valence-corrected chi connectivity index (χ4v) is 3.74. The third kappa shape index (κ3) is 3.74. The number of amides is 1. The highest BCUT2D eigenvalue weighted by Crippen LogP contribution is 2.23. The van der Waals surface area contributed by atoms with E-state index in [9.17, 15) is 4.79 Å². The number of carbonyl (C=O) groups is 1. The summed E-state index contributed by atoms with van der Waals surface area (Å²) in [6.07, 6.45) is 1.79. The van der Waals surface area contributed by atoms with Crippen LogP contribution in [0.4, 0.5) is 11.6 Å². The minimum absolute atomic E-state index is 0.0327. The number of anilines is 2. The van der Waals surface area contributed by atoms with E-state index >= 15 is 0 Å². The van der Waals surface area contributed by atoms with Gasteiger partial charge in [-0.15, -0.1) is 0 Å². The average Bonchev–Trinajstić information content (AvgIpc) is 3.09. The monoisotopic (exact) mass is 372 g/mol. The standard InChI is InChI=1S/C23H24N4O/c1-15-12-16(2)25-23(24-15)27(3)21-10-8-17(9-11-21)22(28)26-20-13-18-6-4-5-7-19(18)14-20/h4-12,20H,13-14H2,1-3H3,(H,26,28). The van der Waals surface area contributed by atoms with Crippen molar-refractivity contribution in [2.75, 3.05) is 11.9 Å². The van der Waals surface area contributed by atoms with E-state index in [0.29, 0.717) is 11.5 Å². The Labute approximate surface area is 165 Å². The lowest BCUT2D eigenvalue weighted by Gasteiger charge is -2.18. The molecule has 4 rings (SSSR count). The highest BCUT2D eigenvalue weighted by molar-refractivity contribution is 5.94. The van der Waals surface area contributed by atoms with Crippen LogP contribution in [0.2, 0.25) is 0 Å². The van der Waals surface area contributed by atoms with Gasteiger partial charge in [-0.2, -0.15) is 0 Å². The summed E-state index contributed by atoms with van der Waals surface area (Å²) in [4.78, 5) is 23.6. The molecule has 1 aliphatic rings. The summed E-state index contributed by atoms with van der Waals surface area (Å²) in [5.41, 5.74) is 6.13. The van der Waals surface area contributed by atoms with E-state index in [1.54, 1.807) is 0 Å². The molecular formula is C23H24N4O. The van der Waals surface area contributed by atoms with Gasteiger partial charge in [-0.05, 0) is 68.1 Å². The number of rotatable bonds is 4. The van der Waals surface area contributed by atoms with E-state index in [-0.39, 0.29) is 11.9 Å². The third-order valence-electron chi connectivity index (χ3n) is 5.17. The molecule has 1 amide bonds. The molecule has 0 saturated heterocycles. The molecular weight excluding hydrogens is 348 g/mol. The van der Waals surface area contributed by atoms with Crippen LogP contribution in [0.1, 0.15) is 32.9 Å². The lowest BCUT2D eigenvalue weighted by atomic mass is 10.1. The molecule has 0 fully saturated rings. The Morgan fingerprint density at radius 1 is 0.964 bits per heavy atom. The van der Waals surface area contributed by atoms with Crippen molar-refractivity contribution >= 4 is 17.5 Å². The summed E-state index contributed by atoms with van der Waals surface area (Å²) in [6.45, 7) is 3.92. The summed E-state index contributed by atoms with van der Waals surface area (Å²) in [5, 5.41) is 3.16. The van der Waals surface area contributed by atoms with E-state index in [1.807, 2.05) is 56.1 Å². The van der Waals surface area contributed by atoms with Crippen LogP contribution in [-0.4, -0.2) is 29.0 Å². The maximum atomic E-state index is 12.6. The Hall–Kier alpha value is -3.21. The summed E-state index contributed by atoms with van der Waals surface area (Å²) >= 11 is 0. The normalized spacial score (nSPS) is 13.2. The van der Waals surface area contributed by atoms with Gasteiger partial charge in [0.2, 0.25) is 5.95 Å². The molecule has 0 unspecified atom stereocenters. The zero-order valence-corrected chi connectivity index (χ0v) is 16.4. The molecule has 1 heterocycles. The average molecular weight is 372 g/mol. The Morgan fingerprint density at radius 2 is 1.54 bits per heavy atom. The zero-order chi connectivity index (χ0) is 19.7. The molecule has 5 nitrogen and oxygen atoms in total. The van der Waals surface area contributed by atoms with Gasteiger partial charge in [-0.3, -0.25) is 4.79 Å². The van der Waals surface area contributed by atoms with Gasteiger partial charge in [-0.25, -0.2) is 9.97 Å². The Morgan fingerprint density at radius 3 is 2.11 bits per heavy atom. The first kappa shape index (κ1) is 18.2. The van der Waals surface area contributed by atoms with Crippen molar-refractivity contribution < 1.29 is 4.79 Å². The van der Waals surface area contributed by atoms with Gasteiger partial charge in [0, 0.05) is 35.7 Å². The topological polar surface area (TPSA) is 58.1 Å². The first-order chi connectivity index (χ1) is 13.5. The number of aromatic nitrogens is 2. The highest BCUT2D eigenvalue weighted by atomic mass is 16.1. The van der Waals surface area contributed by atoms with Crippen LogP contribution in [0.3, 0.4) is 0 Å². The van der Waals surface area contributed by atoms with E-state index in [0.717, 1.165) is 29.9 Å². The van der Waals surface area contributed by atoms with Crippen LogP contribution >= 0.6 is 0 Å². The predicted octanol–water partition coefficient (Wildman–Crippen LogP) is 3.76. The second kappa shape index (κ2) is 7.43. The minimum atomic E-state index is -0.0327. The van der Waals surface area contributed by atoms with Gasteiger partial charge in [0.05, 0.1) is 0 Å². The van der Waals surface area contributed by atoms with Gasteiger partial charge < -0.3 is 10.2 Å². The number of hydrogen-bond donors (Lipinski definition) is 1. The maximum absolute atomic E-state index is 12.6. The molecule has 5 heteroatoms. The summed E-state index contributed by atoms with van der Waals surface area (Å²) in [6, 6.07) is 18.1. The van der Waals surface area contributed by atoms with Crippen LogP contribution < -0.4 is 10.2 Å². The predicted molar refractivity (Wildman–Crippen MR) is 111 cm³/mol. The molecule has 0 radical (unpaired) electrons.